The fourth-order valence-corrected chi connectivity index (χ4v) is 1.99. The Morgan fingerprint density at radius 3 is 2.55 bits per heavy atom. The number of benzene rings is 2. The summed E-state index contributed by atoms with van der Waals surface area (Å²) < 4.78 is 44.9. The van der Waals surface area contributed by atoms with Crippen LogP contribution < -0.4 is 5.48 Å². The average Bonchev–Trinajstić information content (AvgIpc) is 2.97. The van der Waals surface area contributed by atoms with Crippen molar-refractivity contribution in [3.8, 4) is 0 Å². The summed E-state index contributed by atoms with van der Waals surface area (Å²) in [5.41, 5.74) is 2.42. The predicted octanol–water partition coefficient (Wildman–Crippen LogP) is 3.91. The molecule has 0 spiro atoms. The first kappa shape index (κ1) is 14.2. The number of aliphatic imine (C=N–C) groups is 1. The molecule has 0 fully saturated rings. The molecular weight excluding hydrogens is 297 g/mol. The molecule has 1 heterocycles. The van der Waals surface area contributed by atoms with Crippen LogP contribution in [-0.4, -0.2) is 11.0 Å². The minimum absolute atomic E-state index is 0.118. The standard InChI is InChI=1S/C15H9F3N2O2/c16-10-6-12(18)13(7-11(10)17)19-15(20-21)9-1-2-14-8(5-9)3-4-22-14/h1-7,21H,(H,19,20). The van der Waals surface area contributed by atoms with Crippen molar-refractivity contribution in [3.05, 3.63) is 65.7 Å². The van der Waals surface area contributed by atoms with Gasteiger partial charge in [-0.05, 0) is 24.3 Å². The predicted molar refractivity (Wildman–Crippen MR) is 73.6 cm³/mol. The zero-order valence-electron chi connectivity index (χ0n) is 11.0. The van der Waals surface area contributed by atoms with Gasteiger partial charge in [-0.25, -0.2) is 18.2 Å². The number of nitrogens with zero attached hydrogens (tertiary/aromatic N) is 1. The van der Waals surface area contributed by atoms with Crippen LogP contribution in [0.4, 0.5) is 18.9 Å². The number of nitrogens with one attached hydrogen (secondary N) is 1. The van der Waals surface area contributed by atoms with Crippen molar-refractivity contribution >= 4 is 22.5 Å². The zero-order chi connectivity index (χ0) is 15.7. The Hall–Kier alpha value is -2.80. The van der Waals surface area contributed by atoms with E-state index in [1.165, 1.54) is 6.26 Å². The van der Waals surface area contributed by atoms with Crippen molar-refractivity contribution < 1.29 is 22.8 Å². The van der Waals surface area contributed by atoms with Crippen LogP contribution in [-0.2, 0) is 0 Å². The molecular formula is C15H9F3N2O2. The second-order valence-electron chi connectivity index (χ2n) is 4.46. The van der Waals surface area contributed by atoms with Crippen molar-refractivity contribution in [2.45, 2.75) is 0 Å². The van der Waals surface area contributed by atoms with Gasteiger partial charge in [0.05, 0.1) is 6.26 Å². The van der Waals surface area contributed by atoms with Crippen LogP contribution in [0.25, 0.3) is 11.0 Å². The zero-order valence-corrected chi connectivity index (χ0v) is 11.0. The monoisotopic (exact) mass is 306 g/mol. The molecule has 1 aromatic heterocycles. The molecule has 0 bridgehead atoms. The molecule has 0 saturated heterocycles. The van der Waals surface area contributed by atoms with Crippen LogP contribution in [0.15, 0.2) is 52.1 Å². The molecule has 2 aromatic carbocycles. The van der Waals surface area contributed by atoms with E-state index in [0.29, 0.717) is 23.3 Å². The highest BCUT2D eigenvalue weighted by Gasteiger charge is 2.11. The number of hydrogen-bond donors (Lipinski definition) is 2. The molecule has 112 valence electrons. The molecule has 22 heavy (non-hydrogen) atoms. The van der Waals surface area contributed by atoms with Gasteiger partial charge in [0.1, 0.15) is 11.3 Å². The molecule has 3 rings (SSSR count). The summed E-state index contributed by atoms with van der Waals surface area (Å²) in [7, 11) is 0. The van der Waals surface area contributed by atoms with E-state index < -0.39 is 23.1 Å². The number of rotatable bonds is 2. The summed E-state index contributed by atoms with van der Waals surface area (Å²) in [6.07, 6.45) is 1.49. The maximum absolute atomic E-state index is 13.6. The minimum Gasteiger partial charge on any atom is -0.464 e. The molecule has 4 nitrogen and oxygen atoms in total. The average molecular weight is 306 g/mol. The summed E-state index contributed by atoms with van der Waals surface area (Å²) >= 11 is 0. The Morgan fingerprint density at radius 1 is 1.00 bits per heavy atom. The maximum Gasteiger partial charge on any atom is 0.161 e. The lowest BCUT2D eigenvalue weighted by molar-refractivity contribution is 0.235. The summed E-state index contributed by atoms with van der Waals surface area (Å²) in [5, 5.41) is 9.93. The highest BCUT2D eigenvalue weighted by atomic mass is 19.2. The van der Waals surface area contributed by atoms with E-state index in [1.807, 2.05) is 5.48 Å². The SMILES string of the molecule is ONC(=Nc1cc(F)c(F)cc1F)c1ccc2occc2c1. The number of halogens is 3. The Bertz CT molecular complexity index is 874. The highest BCUT2D eigenvalue weighted by Crippen LogP contribution is 2.23. The topological polar surface area (TPSA) is 57.8 Å². The van der Waals surface area contributed by atoms with Crippen LogP contribution >= 0.6 is 0 Å². The first-order valence-electron chi connectivity index (χ1n) is 6.19. The van der Waals surface area contributed by atoms with Crippen LogP contribution in [0.2, 0.25) is 0 Å². The quantitative estimate of drug-likeness (QED) is 0.327. The molecule has 0 atom stereocenters. The van der Waals surface area contributed by atoms with Gasteiger partial charge in [-0.2, -0.15) is 0 Å². The van der Waals surface area contributed by atoms with E-state index >= 15 is 0 Å². The third-order valence-electron chi connectivity index (χ3n) is 3.05. The number of fused-ring (bicyclic) bond motifs is 1. The van der Waals surface area contributed by atoms with Crippen LogP contribution in [0.3, 0.4) is 0 Å². The molecule has 0 aliphatic carbocycles. The van der Waals surface area contributed by atoms with Crippen LogP contribution in [0.1, 0.15) is 5.56 Å². The number of hydroxylamine groups is 1. The summed E-state index contributed by atoms with van der Waals surface area (Å²) in [4.78, 5) is 3.78. The van der Waals surface area contributed by atoms with E-state index in [1.54, 1.807) is 24.3 Å². The second kappa shape index (κ2) is 5.53. The molecule has 0 radical (unpaired) electrons. The van der Waals surface area contributed by atoms with Gasteiger partial charge in [0.2, 0.25) is 0 Å². The third kappa shape index (κ3) is 2.53. The van der Waals surface area contributed by atoms with Gasteiger partial charge >= 0.3 is 0 Å². The molecule has 3 aromatic rings. The van der Waals surface area contributed by atoms with Crippen molar-refractivity contribution in [1.29, 1.82) is 0 Å². The van der Waals surface area contributed by atoms with Crippen molar-refractivity contribution in [3.63, 3.8) is 0 Å². The van der Waals surface area contributed by atoms with Crippen LogP contribution in [0, 0.1) is 17.5 Å². The Kier molecular flexibility index (Phi) is 3.56. The van der Waals surface area contributed by atoms with E-state index in [9.17, 15) is 18.4 Å². The maximum atomic E-state index is 13.6. The lowest BCUT2D eigenvalue weighted by atomic mass is 10.1. The molecule has 0 aliphatic rings. The number of hydrogen-bond acceptors (Lipinski definition) is 3. The van der Waals surface area contributed by atoms with Crippen LogP contribution in [0.5, 0.6) is 0 Å². The Labute approximate surface area is 122 Å². The normalized spacial score (nSPS) is 11.9. The van der Waals surface area contributed by atoms with Gasteiger partial charge in [0.25, 0.3) is 0 Å². The molecule has 0 aliphatic heterocycles. The molecule has 0 saturated carbocycles. The second-order valence-corrected chi connectivity index (χ2v) is 4.46. The van der Waals surface area contributed by atoms with E-state index in [4.69, 9.17) is 4.42 Å². The minimum atomic E-state index is -1.31. The van der Waals surface area contributed by atoms with Gasteiger partial charge in [0, 0.05) is 23.1 Å². The first-order chi connectivity index (χ1) is 10.6. The third-order valence-corrected chi connectivity index (χ3v) is 3.05. The van der Waals surface area contributed by atoms with Crippen molar-refractivity contribution in [2.24, 2.45) is 4.99 Å². The lowest BCUT2D eigenvalue weighted by Crippen LogP contribution is -2.20. The van der Waals surface area contributed by atoms with Gasteiger partial charge < -0.3 is 4.42 Å². The van der Waals surface area contributed by atoms with E-state index in [0.717, 1.165) is 5.39 Å². The van der Waals surface area contributed by atoms with Gasteiger partial charge in [-0.1, -0.05) is 0 Å². The molecule has 2 N–H and O–H groups in total. The van der Waals surface area contributed by atoms with Crippen molar-refractivity contribution in [1.82, 2.24) is 5.48 Å². The van der Waals surface area contributed by atoms with E-state index in [2.05, 4.69) is 4.99 Å². The molecule has 0 amide bonds. The fraction of sp³-hybridized carbons (Fsp3) is 0. The van der Waals surface area contributed by atoms with Gasteiger partial charge in [0.15, 0.2) is 23.3 Å². The smallest absolute Gasteiger partial charge is 0.161 e. The lowest BCUT2D eigenvalue weighted by Gasteiger charge is -2.06. The molecule has 7 heteroatoms. The first-order valence-corrected chi connectivity index (χ1v) is 6.19. The summed E-state index contributed by atoms with van der Waals surface area (Å²) in [6, 6.07) is 7.55. The number of amidine groups is 1. The summed E-state index contributed by atoms with van der Waals surface area (Å²) in [6.45, 7) is 0. The van der Waals surface area contributed by atoms with Gasteiger partial charge in [-0.3, -0.25) is 10.7 Å². The Morgan fingerprint density at radius 2 is 1.77 bits per heavy atom. The highest BCUT2D eigenvalue weighted by molar-refractivity contribution is 6.02. The molecule has 0 unspecified atom stereocenters. The number of furan rings is 1. The fourth-order valence-electron chi connectivity index (χ4n) is 1.99. The van der Waals surface area contributed by atoms with Gasteiger partial charge in [-0.15, -0.1) is 0 Å². The largest absolute Gasteiger partial charge is 0.464 e. The van der Waals surface area contributed by atoms with Crippen molar-refractivity contribution in [2.75, 3.05) is 0 Å². The van der Waals surface area contributed by atoms with E-state index in [-0.39, 0.29) is 5.84 Å². The Balaban J connectivity index is 2.08. The summed E-state index contributed by atoms with van der Waals surface area (Å²) in [5.74, 6) is -3.71.